The zero-order valence-corrected chi connectivity index (χ0v) is 12.2. The molecular weight excluding hydrogens is 242 g/mol. The monoisotopic (exact) mass is 265 g/mol. The maximum absolute atomic E-state index is 11.5. The van der Waals surface area contributed by atoms with Crippen molar-refractivity contribution in [1.29, 1.82) is 0 Å². The Labute approximate surface area is 114 Å². The summed E-state index contributed by atoms with van der Waals surface area (Å²) < 4.78 is 0. The van der Waals surface area contributed by atoms with Gasteiger partial charge in [-0.1, -0.05) is 13.8 Å². The molecule has 0 bridgehead atoms. The highest BCUT2D eigenvalue weighted by molar-refractivity contribution is 5.83. The Balaban J connectivity index is 2.95. The second-order valence-corrected chi connectivity index (χ2v) is 4.66. The van der Waals surface area contributed by atoms with Gasteiger partial charge in [-0.3, -0.25) is 4.79 Å². The van der Waals surface area contributed by atoms with Crippen LogP contribution in [0.25, 0.3) is 0 Å². The summed E-state index contributed by atoms with van der Waals surface area (Å²) in [6.07, 6.45) is 0. The molecule has 0 aliphatic carbocycles. The zero-order valence-electron chi connectivity index (χ0n) is 12.2. The van der Waals surface area contributed by atoms with Crippen LogP contribution in [0.3, 0.4) is 0 Å². The summed E-state index contributed by atoms with van der Waals surface area (Å²) in [4.78, 5) is 20.4. The number of carbonyl (C=O) groups is 1. The number of hydrogen-bond acceptors (Lipinski definition) is 5. The van der Waals surface area contributed by atoms with Gasteiger partial charge >= 0.3 is 0 Å². The number of hydrogen-bond donors (Lipinski definition) is 3. The average molecular weight is 265 g/mol. The van der Waals surface area contributed by atoms with Crippen LogP contribution in [0.5, 0.6) is 0 Å². The third kappa shape index (κ3) is 4.39. The number of likely N-dealkylation sites (N-methyl/N-ethyl adjacent to an activating group) is 1. The normalized spacial score (nSPS) is 12.1. The molecule has 19 heavy (non-hydrogen) atoms. The summed E-state index contributed by atoms with van der Waals surface area (Å²) in [5.74, 6) is 2.34. The third-order valence-electron chi connectivity index (χ3n) is 2.62. The van der Waals surface area contributed by atoms with Gasteiger partial charge in [-0.15, -0.1) is 0 Å². The number of amides is 1. The number of nitrogens with one attached hydrogen (secondary N) is 3. The van der Waals surface area contributed by atoms with E-state index in [-0.39, 0.29) is 17.9 Å². The van der Waals surface area contributed by atoms with Crippen molar-refractivity contribution in [3.63, 3.8) is 0 Å². The summed E-state index contributed by atoms with van der Waals surface area (Å²) in [6.45, 7) is 8.67. The van der Waals surface area contributed by atoms with Crippen molar-refractivity contribution in [2.24, 2.45) is 0 Å². The highest BCUT2D eigenvalue weighted by atomic mass is 16.2. The van der Waals surface area contributed by atoms with Crippen LogP contribution in [0, 0.1) is 0 Å². The molecule has 106 valence electrons. The highest BCUT2D eigenvalue weighted by Gasteiger charge is 2.13. The van der Waals surface area contributed by atoms with E-state index in [1.165, 1.54) is 0 Å². The molecule has 1 rings (SSSR count). The molecule has 1 aromatic rings. The van der Waals surface area contributed by atoms with Gasteiger partial charge in [0.05, 0.1) is 0 Å². The predicted octanol–water partition coefficient (Wildman–Crippen LogP) is 1.58. The molecule has 0 aliphatic rings. The third-order valence-corrected chi connectivity index (χ3v) is 2.62. The van der Waals surface area contributed by atoms with E-state index in [1.54, 1.807) is 14.0 Å². The second-order valence-electron chi connectivity index (χ2n) is 4.66. The van der Waals surface area contributed by atoms with Crippen LogP contribution in [0.1, 0.15) is 39.4 Å². The first-order valence-electron chi connectivity index (χ1n) is 6.58. The topological polar surface area (TPSA) is 78.9 Å². The van der Waals surface area contributed by atoms with Gasteiger partial charge in [0.1, 0.15) is 23.5 Å². The number of aromatic nitrogens is 2. The van der Waals surface area contributed by atoms with Crippen molar-refractivity contribution in [3.8, 4) is 0 Å². The van der Waals surface area contributed by atoms with E-state index in [0.29, 0.717) is 5.82 Å². The molecule has 1 atom stereocenters. The van der Waals surface area contributed by atoms with Crippen molar-refractivity contribution in [2.45, 2.75) is 39.7 Å². The smallest absolute Gasteiger partial charge is 0.241 e. The van der Waals surface area contributed by atoms with E-state index in [4.69, 9.17) is 0 Å². The van der Waals surface area contributed by atoms with E-state index in [9.17, 15) is 4.79 Å². The molecule has 0 saturated heterocycles. The largest absolute Gasteiger partial charge is 0.370 e. The van der Waals surface area contributed by atoms with Gasteiger partial charge in [-0.2, -0.15) is 0 Å². The first kappa shape index (κ1) is 15.2. The fraction of sp³-hybridized carbons (Fsp3) is 0.615. The lowest BCUT2D eigenvalue weighted by atomic mass is 10.2. The molecule has 0 fully saturated rings. The van der Waals surface area contributed by atoms with Crippen LogP contribution in [0.15, 0.2) is 6.07 Å². The maximum Gasteiger partial charge on any atom is 0.241 e. The molecule has 3 N–H and O–H groups in total. The SMILES string of the molecule is CCNc1cc(NC(C)C(=O)NC)nc(C(C)C)n1. The Kier molecular flexibility index (Phi) is 5.54. The van der Waals surface area contributed by atoms with Gasteiger partial charge in [0.25, 0.3) is 0 Å². The van der Waals surface area contributed by atoms with Crippen molar-refractivity contribution in [3.05, 3.63) is 11.9 Å². The van der Waals surface area contributed by atoms with Crippen LogP contribution in [0.4, 0.5) is 11.6 Å². The van der Waals surface area contributed by atoms with Crippen LogP contribution >= 0.6 is 0 Å². The van der Waals surface area contributed by atoms with Crippen LogP contribution < -0.4 is 16.0 Å². The Morgan fingerprint density at radius 3 is 2.42 bits per heavy atom. The number of carbonyl (C=O) groups excluding carboxylic acids is 1. The molecule has 1 amide bonds. The Hall–Kier alpha value is -1.85. The van der Waals surface area contributed by atoms with Crippen molar-refractivity contribution < 1.29 is 4.79 Å². The predicted molar refractivity (Wildman–Crippen MR) is 77.4 cm³/mol. The number of rotatable bonds is 6. The number of anilines is 2. The lowest BCUT2D eigenvalue weighted by molar-refractivity contribution is -0.121. The molecular formula is C13H23N5O. The van der Waals surface area contributed by atoms with E-state index in [2.05, 4.69) is 25.9 Å². The van der Waals surface area contributed by atoms with Gasteiger partial charge in [-0.25, -0.2) is 9.97 Å². The molecule has 0 aliphatic heterocycles. The molecule has 0 aromatic carbocycles. The average Bonchev–Trinajstić information content (AvgIpc) is 2.37. The highest BCUT2D eigenvalue weighted by Crippen LogP contribution is 2.17. The fourth-order valence-electron chi connectivity index (χ4n) is 1.57. The minimum atomic E-state index is -0.339. The van der Waals surface area contributed by atoms with E-state index in [0.717, 1.165) is 18.2 Å². The maximum atomic E-state index is 11.5. The minimum Gasteiger partial charge on any atom is -0.370 e. The Bertz CT molecular complexity index is 433. The zero-order chi connectivity index (χ0) is 14.4. The summed E-state index contributed by atoms with van der Waals surface area (Å²) in [5, 5.41) is 8.85. The van der Waals surface area contributed by atoms with E-state index >= 15 is 0 Å². The lowest BCUT2D eigenvalue weighted by Crippen LogP contribution is -2.35. The fourth-order valence-corrected chi connectivity index (χ4v) is 1.57. The standard InChI is InChI=1S/C13H23N5O/c1-6-15-10-7-11(16-9(4)13(19)14-5)18-12(17-10)8(2)3/h7-9H,6H2,1-5H3,(H,14,19)(H2,15,16,17,18). The van der Waals surface area contributed by atoms with Crippen molar-refractivity contribution in [1.82, 2.24) is 15.3 Å². The summed E-state index contributed by atoms with van der Waals surface area (Å²) in [7, 11) is 1.62. The Morgan fingerprint density at radius 2 is 1.89 bits per heavy atom. The van der Waals surface area contributed by atoms with Gasteiger partial charge < -0.3 is 16.0 Å². The van der Waals surface area contributed by atoms with E-state index < -0.39 is 0 Å². The molecule has 1 aromatic heterocycles. The van der Waals surface area contributed by atoms with Crippen molar-refractivity contribution in [2.75, 3.05) is 24.2 Å². The second kappa shape index (κ2) is 6.92. The lowest BCUT2D eigenvalue weighted by Gasteiger charge is -2.15. The van der Waals surface area contributed by atoms with E-state index in [1.807, 2.05) is 26.8 Å². The van der Waals surface area contributed by atoms with Crippen LogP contribution in [-0.4, -0.2) is 35.5 Å². The molecule has 0 radical (unpaired) electrons. The van der Waals surface area contributed by atoms with Crippen LogP contribution in [-0.2, 0) is 4.79 Å². The first-order chi connectivity index (χ1) is 8.97. The van der Waals surface area contributed by atoms with Gasteiger partial charge in [0, 0.05) is 25.6 Å². The summed E-state index contributed by atoms with van der Waals surface area (Å²) in [5.41, 5.74) is 0. The Morgan fingerprint density at radius 1 is 1.26 bits per heavy atom. The summed E-state index contributed by atoms with van der Waals surface area (Å²) >= 11 is 0. The minimum absolute atomic E-state index is 0.0743. The summed E-state index contributed by atoms with van der Waals surface area (Å²) in [6, 6.07) is 1.48. The van der Waals surface area contributed by atoms with Gasteiger partial charge in [0.15, 0.2) is 0 Å². The molecule has 0 spiro atoms. The van der Waals surface area contributed by atoms with Crippen molar-refractivity contribution >= 4 is 17.5 Å². The molecule has 1 heterocycles. The molecule has 0 saturated carbocycles. The number of nitrogens with zero attached hydrogens (tertiary/aromatic N) is 2. The van der Waals surface area contributed by atoms with Crippen LogP contribution in [0.2, 0.25) is 0 Å². The quantitative estimate of drug-likeness (QED) is 0.728. The first-order valence-corrected chi connectivity index (χ1v) is 6.58. The molecule has 1 unspecified atom stereocenters. The van der Waals surface area contributed by atoms with Gasteiger partial charge in [0.2, 0.25) is 5.91 Å². The molecule has 6 heteroatoms. The van der Waals surface area contributed by atoms with Gasteiger partial charge in [-0.05, 0) is 13.8 Å². The molecule has 6 nitrogen and oxygen atoms in total.